The van der Waals surface area contributed by atoms with Gasteiger partial charge >= 0.3 is 0 Å². The molecule has 2 aromatic carbocycles. The molecule has 1 atom stereocenters. The number of anilines is 1. The lowest BCUT2D eigenvalue weighted by molar-refractivity contribution is 0.393. The Bertz CT molecular complexity index is 876. The topological polar surface area (TPSA) is 25.4 Å². The van der Waals surface area contributed by atoms with Gasteiger partial charge in [0.2, 0.25) is 5.88 Å². The fourth-order valence-electron chi connectivity index (χ4n) is 3.73. The highest BCUT2D eigenvalue weighted by Crippen LogP contribution is 2.38. The van der Waals surface area contributed by atoms with Crippen molar-refractivity contribution in [3.05, 3.63) is 78.0 Å². The van der Waals surface area contributed by atoms with Gasteiger partial charge in [0.15, 0.2) is 0 Å². The summed E-state index contributed by atoms with van der Waals surface area (Å²) in [6.07, 6.45) is 2.81. The lowest BCUT2D eigenvalue weighted by atomic mass is 9.99. The van der Waals surface area contributed by atoms with Gasteiger partial charge in [-0.3, -0.25) is 0 Å². The van der Waals surface area contributed by atoms with Gasteiger partial charge in [0, 0.05) is 30.0 Å². The van der Waals surface area contributed by atoms with E-state index in [2.05, 4.69) is 77.5 Å². The zero-order chi connectivity index (χ0) is 17.2. The van der Waals surface area contributed by atoms with E-state index < -0.39 is 0 Å². The summed E-state index contributed by atoms with van der Waals surface area (Å²) < 4.78 is 5.46. The van der Waals surface area contributed by atoms with Gasteiger partial charge in [0.05, 0.1) is 7.11 Å². The van der Waals surface area contributed by atoms with Crippen molar-refractivity contribution in [2.24, 2.45) is 0 Å². The Morgan fingerprint density at radius 1 is 1.04 bits per heavy atom. The first kappa shape index (κ1) is 15.7. The molecule has 0 fully saturated rings. The second kappa shape index (κ2) is 6.60. The Morgan fingerprint density at radius 3 is 2.60 bits per heavy atom. The minimum Gasteiger partial charge on any atom is -0.481 e. The number of ether oxygens (including phenoxy) is 1. The molecule has 0 amide bonds. The summed E-state index contributed by atoms with van der Waals surface area (Å²) in [4.78, 5) is 6.82. The molecule has 1 unspecified atom stereocenters. The Labute approximate surface area is 148 Å². The van der Waals surface area contributed by atoms with Gasteiger partial charge in [-0.25, -0.2) is 4.98 Å². The van der Waals surface area contributed by atoms with E-state index in [1.807, 2.05) is 6.20 Å². The predicted molar refractivity (Wildman–Crippen MR) is 102 cm³/mol. The van der Waals surface area contributed by atoms with Crippen LogP contribution in [0.5, 0.6) is 5.88 Å². The first-order chi connectivity index (χ1) is 12.3. The van der Waals surface area contributed by atoms with Gasteiger partial charge in [-0.15, -0.1) is 0 Å². The highest BCUT2D eigenvalue weighted by molar-refractivity contribution is 5.69. The van der Waals surface area contributed by atoms with E-state index in [0.29, 0.717) is 6.04 Å². The molecule has 0 radical (unpaired) electrons. The van der Waals surface area contributed by atoms with E-state index >= 15 is 0 Å². The number of pyridine rings is 1. The lowest BCUT2D eigenvalue weighted by Crippen LogP contribution is -2.28. The van der Waals surface area contributed by atoms with E-state index in [1.54, 1.807) is 7.11 Å². The number of hydrogen-bond donors (Lipinski definition) is 0. The van der Waals surface area contributed by atoms with Crippen molar-refractivity contribution in [3.8, 4) is 17.0 Å². The van der Waals surface area contributed by atoms with Crippen molar-refractivity contribution in [1.82, 2.24) is 4.98 Å². The van der Waals surface area contributed by atoms with E-state index in [1.165, 1.54) is 27.9 Å². The second-order valence-electron chi connectivity index (χ2n) is 6.52. The number of benzene rings is 2. The zero-order valence-electron chi connectivity index (χ0n) is 14.6. The number of nitrogens with zero attached hydrogens (tertiary/aromatic N) is 2. The summed E-state index contributed by atoms with van der Waals surface area (Å²) in [5.41, 5.74) is 6.35. The van der Waals surface area contributed by atoms with Crippen molar-refractivity contribution in [3.63, 3.8) is 0 Å². The normalized spacial score (nSPS) is 15.9. The molecule has 3 aromatic rings. The molecular weight excluding hydrogens is 308 g/mol. The standard InChI is InChI=1S/C22H22N2O/c1-16-14-20-21(12-13-23-22(20)25-2)24(16)15-18-10-6-7-11-19(18)17-8-4-3-5-9-17/h3-13,16H,14-15H2,1-2H3. The zero-order valence-corrected chi connectivity index (χ0v) is 14.6. The van der Waals surface area contributed by atoms with Crippen LogP contribution >= 0.6 is 0 Å². The van der Waals surface area contributed by atoms with Crippen LogP contribution in [0.2, 0.25) is 0 Å². The number of fused-ring (bicyclic) bond motifs is 1. The average Bonchev–Trinajstić information content (AvgIpc) is 2.98. The highest BCUT2D eigenvalue weighted by atomic mass is 16.5. The van der Waals surface area contributed by atoms with E-state index in [-0.39, 0.29) is 0 Å². The van der Waals surface area contributed by atoms with Crippen LogP contribution in [0.3, 0.4) is 0 Å². The van der Waals surface area contributed by atoms with Crippen LogP contribution < -0.4 is 9.64 Å². The molecule has 0 spiro atoms. The molecule has 0 saturated carbocycles. The third kappa shape index (κ3) is 2.86. The summed E-state index contributed by atoms with van der Waals surface area (Å²) in [5, 5.41) is 0. The third-order valence-electron chi connectivity index (χ3n) is 4.97. The van der Waals surface area contributed by atoms with Gasteiger partial charge in [-0.1, -0.05) is 54.6 Å². The molecule has 2 heterocycles. The maximum absolute atomic E-state index is 5.46. The number of aromatic nitrogens is 1. The Balaban J connectivity index is 1.71. The van der Waals surface area contributed by atoms with Crippen LogP contribution in [0.25, 0.3) is 11.1 Å². The lowest BCUT2D eigenvalue weighted by Gasteiger charge is -2.26. The predicted octanol–water partition coefficient (Wildman–Crippen LogP) is 4.71. The molecule has 126 valence electrons. The first-order valence-corrected chi connectivity index (χ1v) is 8.69. The highest BCUT2D eigenvalue weighted by Gasteiger charge is 2.29. The van der Waals surface area contributed by atoms with Gasteiger partial charge in [0.25, 0.3) is 0 Å². The fourth-order valence-corrected chi connectivity index (χ4v) is 3.73. The SMILES string of the molecule is COc1nccc2c1CC(C)N2Cc1ccccc1-c1ccccc1. The quantitative estimate of drug-likeness (QED) is 0.693. The van der Waals surface area contributed by atoms with Crippen LogP contribution in [-0.2, 0) is 13.0 Å². The van der Waals surface area contributed by atoms with Crippen molar-refractivity contribution in [1.29, 1.82) is 0 Å². The smallest absolute Gasteiger partial charge is 0.218 e. The average molecular weight is 330 g/mol. The number of hydrogen-bond acceptors (Lipinski definition) is 3. The van der Waals surface area contributed by atoms with Crippen molar-refractivity contribution in [2.75, 3.05) is 12.0 Å². The molecule has 4 rings (SSSR count). The largest absolute Gasteiger partial charge is 0.481 e. The minimum atomic E-state index is 0.428. The molecule has 0 saturated heterocycles. The van der Waals surface area contributed by atoms with Crippen LogP contribution in [0.4, 0.5) is 5.69 Å². The molecule has 0 aliphatic carbocycles. The molecule has 1 aliphatic rings. The maximum atomic E-state index is 5.46. The van der Waals surface area contributed by atoms with Gasteiger partial charge in [-0.05, 0) is 36.1 Å². The monoisotopic (exact) mass is 330 g/mol. The van der Waals surface area contributed by atoms with E-state index in [0.717, 1.165) is 18.8 Å². The third-order valence-corrected chi connectivity index (χ3v) is 4.97. The van der Waals surface area contributed by atoms with Crippen LogP contribution in [0.1, 0.15) is 18.1 Å². The van der Waals surface area contributed by atoms with Crippen LogP contribution in [-0.4, -0.2) is 18.1 Å². The van der Waals surface area contributed by atoms with Crippen LogP contribution in [0.15, 0.2) is 66.9 Å². The molecule has 1 aromatic heterocycles. The molecule has 25 heavy (non-hydrogen) atoms. The number of rotatable bonds is 4. The van der Waals surface area contributed by atoms with Gasteiger partial charge < -0.3 is 9.64 Å². The van der Waals surface area contributed by atoms with Crippen molar-refractivity contribution >= 4 is 5.69 Å². The summed E-state index contributed by atoms with van der Waals surface area (Å²) in [6.45, 7) is 3.15. The molecule has 0 bridgehead atoms. The summed E-state index contributed by atoms with van der Waals surface area (Å²) in [6, 6.07) is 21.8. The van der Waals surface area contributed by atoms with Crippen LogP contribution in [0, 0.1) is 0 Å². The molecule has 0 N–H and O–H groups in total. The van der Waals surface area contributed by atoms with E-state index in [4.69, 9.17) is 4.74 Å². The number of methoxy groups -OCH3 is 1. The summed E-state index contributed by atoms with van der Waals surface area (Å²) in [7, 11) is 1.70. The Kier molecular flexibility index (Phi) is 4.14. The second-order valence-corrected chi connectivity index (χ2v) is 6.52. The maximum Gasteiger partial charge on any atom is 0.218 e. The minimum absolute atomic E-state index is 0.428. The van der Waals surface area contributed by atoms with E-state index in [9.17, 15) is 0 Å². The molecule has 1 aliphatic heterocycles. The molecule has 3 heteroatoms. The first-order valence-electron chi connectivity index (χ1n) is 8.69. The summed E-state index contributed by atoms with van der Waals surface area (Å²) in [5.74, 6) is 0.753. The summed E-state index contributed by atoms with van der Waals surface area (Å²) >= 11 is 0. The Hall–Kier alpha value is -2.81. The Morgan fingerprint density at radius 2 is 1.80 bits per heavy atom. The van der Waals surface area contributed by atoms with Crippen molar-refractivity contribution in [2.45, 2.75) is 25.9 Å². The van der Waals surface area contributed by atoms with Crippen molar-refractivity contribution < 1.29 is 4.74 Å². The molecule has 3 nitrogen and oxygen atoms in total. The van der Waals surface area contributed by atoms with Gasteiger partial charge in [0.1, 0.15) is 0 Å². The fraction of sp³-hybridized carbons (Fsp3) is 0.227. The molecular formula is C22H22N2O. The van der Waals surface area contributed by atoms with Gasteiger partial charge in [-0.2, -0.15) is 0 Å².